The Morgan fingerprint density at radius 2 is 1.34 bits per heavy atom. The molecule has 0 fully saturated rings. The molecule has 146 valence electrons. The molecule has 0 aliphatic carbocycles. The molecule has 0 saturated carbocycles. The lowest BCUT2D eigenvalue weighted by molar-refractivity contribution is 0.117. The van der Waals surface area contributed by atoms with Crippen molar-refractivity contribution in [2.45, 2.75) is 20.0 Å². The first kappa shape index (κ1) is 20.9. The van der Waals surface area contributed by atoms with Crippen LogP contribution in [-0.2, 0) is 9.30 Å². The third kappa shape index (κ3) is 5.58. The fourth-order valence-electron chi connectivity index (χ4n) is 2.86. The molecule has 3 rings (SSSR count). The number of ether oxygens (including phenoxy) is 1. The van der Waals surface area contributed by atoms with Gasteiger partial charge in [-0.3, -0.25) is 4.57 Å². The highest BCUT2D eigenvalue weighted by Gasteiger charge is 2.25. The molecule has 0 spiro atoms. The number of hydrogen-bond donors (Lipinski definition) is 0. The minimum absolute atomic E-state index is 0.451. The molecule has 0 aliphatic heterocycles. The van der Waals surface area contributed by atoms with Gasteiger partial charge in [-0.05, 0) is 25.1 Å². The minimum atomic E-state index is -3.11. The molecule has 0 aromatic heterocycles. The number of allylic oxidation sites excluding steroid dienone is 1. The summed E-state index contributed by atoms with van der Waals surface area (Å²) in [4.78, 5) is 0. The number of hydrogen-bond acceptors (Lipinski definition) is 2. The van der Waals surface area contributed by atoms with Gasteiger partial charge in [0, 0.05) is 10.6 Å². The molecular formula is C26H25O2P. The summed E-state index contributed by atoms with van der Waals surface area (Å²) in [7, 11) is -3.11. The van der Waals surface area contributed by atoms with Crippen molar-refractivity contribution in [3.05, 3.63) is 108 Å². The molecule has 0 bridgehead atoms. The SMILES string of the molecule is CC(C)=CCOC(C#CP(=O)(c1ccccc1)c1ccccc1)c1ccccc1. The highest BCUT2D eigenvalue weighted by molar-refractivity contribution is 7.83. The zero-order chi connectivity index (χ0) is 20.5. The standard InChI is InChI=1S/C26H25O2P/c1-22(2)18-20-28-26(23-12-6-3-7-13-23)19-21-29(27,24-14-8-4-9-15-24)25-16-10-5-11-17-25/h3-18,26H,20H2,1-2H3. The molecule has 29 heavy (non-hydrogen) atoms. The largest absolute Gasteiger partial charge is 0.357 e. The summed E-state index contributed by atoms with van der Waals surface area (Å²) in [5.41, 5.74) is 5.26. The van der Waals surface area contributed by atoms with Crippen LogP contribution in [0.15, 0.2) is 103 Å². The van der Waals surface area contributed by atoms with Crippen LogP contribution >= 0.6 is 7.14 Å². The van der Waals surface area contributed by atoms with Gasteiger partial charge in [0.2, 0.25) is 7.14 Å². The number of benzene rings is 3. The molecule has 3 aromatic rings. The van der Waals surface area contributed by atoms with Crippen molar-refractivity contribution in [1.82, 2.24) is 0 Å². The van der Waals surface area contributed by atoms with E-state index in [2.05, 4.69) is 11.6 Å². The maximum absolute atomic E-state index is 14.1. The highest BCUT2D eigenvalue weighted by atomic mass is 31.2. The molecular weight excluding hydrogens is 375 g/mol. The molecule has 0 aliphatic rings. The van der Waals surface area contributed by atoms with Crippen LogP contribution in [0.1, 0.15) is 25.5 Å². The second-order valence-corrected chi connectivity index (χ2v) is 9.42. The lowest BCUT2D eigenvalue weighted by Gasteiger charge is -2.15. The van der Waals surface area contributed by atoms with Gasteiger partial charge in [-0.2, -0.15) is 0 Å². The summed E-state index contributed by atoms with van der Waals surface area (Å²) in [6.07, 6.45) is 1.57. The van der Waals surface area contributed by atoms with Gasteiger partial charge in [-0.15, -0.1) is 0 Å². The first-order chi connectivity index (χ1) is 14.1. The Kier molecular flexibility index (Phi) is 7.25. The maximum atomic E-state index is 14.1. The first-order valence-electron chi connectivity index (χ1n) is 9.63. The molecule has 3 heteroatoms. The molecule has 3 aromatic carbocycles. The molecule has 1 unspecified atom stereocenters. The Hall–Kier alpha value is -2.85. The Bertz CT molecular complexity index is 998. The van der Waals surface area contributed by atoms with Gasteiger partial charge >= 0.3 is 0 Å². The van der Waals surface area contributed by atoms with Crippen molar-refractivity contribution in [2.75, 3.05) is 6.61 Å². The van der Waals surface area contributed by atoms with Crippen LogP contribution in [0.4, 0.5) is 0 Å². The fourth-order valence-corrected chi connectivity index (χ4v) is 4.90. The monoisotopic (exact) mass is 400 g/mol. The van der Waals surface area contributed by atoms with Crippen LogP contribution < -0.4 is 10.6 Å². The van der Waals surface area contributed by atoms with Crippen LogP contribution in [0.2, 0.25) is 0 Å². The Morgan fingerprint density at radius 3 is 1.83 bits per heavy atom. The molecule has 0 saturated heterocycles. The third-order valence-electron chi connectivity index (χ3n) is 4.45. The van der Waals surface area contributed by atoms with Crippen molar-refractivity contribution in [3.8, 4) is 11.6 Å². The quantitative estimate of drug-likeness (QED) is 0.302. The molecule has 2 nitrogen and oxygen atoms in total. The number of rotatable bonds is 6. The lowest BCUT2D eigenvalue weighted by Crippen LogP contribution is -2.14. The predicted octanol–water partition coefficient (Wildman–Crippen LogP) is 5.69. The van der Waals surface area contributed by atoms with Crippen LogP contribution in [0.3, 0.4) is 0 Å². The van der Waals surface area contributed by atoms with E-state index < -0.39 is 13.2 Å². The summed E-state index contributed by atoms with van der Waals surface area (Å²) in [6, 6.07) is 28.8. The van der Waals surface area contributed by atoms with E-state index in [1.165, 1.54) is 5.57 Å². The molecule has 0 heterocycles. The van der Waals surface area contributed by atoms with E-state index in [-0.39, 0.29) is 0 Å². The van der Waals surface area contributed by atoms with E-state index in [1.54, 1.807) is 0 Å². The van der Waals surface area contributed by atoms with Gasteiger partial charge in [0.1, 0.15) is 6.10 Å². The van der Waals surface area contributed by atoms with Crippen LogP contribution in [0.5, 0.6) is 0 Å². The van der Waals surface area contributed by atoms with Gasteiger partial charge in [0.05, 0.1) is 6.61 Å². The summed E-state index contributed by atoms with van der Waals surface area (Å²) >= 11 is 0. The minimum Gasteiger partial charge on any atom is -0.357 e. The highest BCUT2D eigenvalue weighted by Crippen LogP contribution is 2.42. The third-order valence-corrected chi connectivity index (χ3v) is 6.94. The van der Waals surface area contributed by atoms with Crippen molar-refractivity contribution in [1.29, 1.82) is 0 Å². The van der Waals surface area contributed by atoms with Gasteiger partial charge in [0.25, 0.3) is 0 Å². The smallest absolute Gasteiger partial charge is 0.210 e. The summed E-state index contributed by atoms with van der Waals surface area (Å²) in [6.45, 7) is 4.52. The van der Waals surface area contributed by atoms with Gasteiger partial charge in [-0.25, -0.2) is 0 Å². The summed E-state index contributed by atoms with van der Waals surface area (Å²) < 4.78 is 20.1. The Labute approximate surface area is 173 Å². The predicted molar refractivity (Wildman–Crippen MR) is 122 cm³/mol. The zero-order valence-corrected chi connectivity index (χ0v) is 17.7. The van der Waals surface area contributed by atoms with Gasteiger partial charge in [-0.1, -0.05) is 109 Å². The van der Waals surface area contributed by atoms with E-state index >= 15 is 0 Å². The van der Waals surface area contributed by atoms with E-state index in [1.807, 2.05) is 111 Å². The lowest BCUT2D eigenvalue weighted by atomic mass is 10.1. The van der Waals surface area contributed by atoms with E-state index in [0.29, 0.717) is 6.61 Å². The first-order valence-corrected chi connectivity index (χ1v) is 11.3. The second-order valence-electron chi connectivity index (χ2n) is 6.94. The van der Waals surface area contributed by atoms with Crippen LogP contribution in [0.25, 0.3) is 0 Å². The zero-order valence-electron chi connectivity index (χ0n) is 16.8. The average Bonchev–Trinajstić information content (AvgIpc) is 2.77. The normalized spacial score (nSPS) is 11.8. The van der Waals surface area contributed by atoms with Crippen LogP contribution in [0, 0.1) is 11.6 Å². The van der Waals surface area contributed by atoms with Crippen molar-refractivity contribution >= 4 is 17.8 Å². The van der Waals surface area contributed by atoms with E-state index in [9.17, 15) is 4.57 Å². The van der Waals surface area contributed by atoms with E-state index in [0.717, 1.165) is 16.2 Å². The van der Waals surface area contributed by atoms with Crippen molar-refractivity contribution < 1.29 is 9.30 Å². The summed E-state index contributed by atoms with van der Waals surface area (Å²) in [5, 5.41) is 1.46. The van der Waals surface area contributed by atoms with Gasteiger partial charge < -0.3 is 4.74 Å². The van der Waals surface area contributed by atoms with Crippen molar-refractivity contribution in [3.63, 3.8) is 0 Å². The fraction of sp³-hybridized carbons (Fsp3) is 0.154. The second kappa shape index (κ2) is 10.1. The van der Waals surface area contributed by atoms with Crippen LogP contribution in [-0.4, -0.2) is 6.61 Å². The maximum Gasteiger partial charge on any atom is 0.210 e. The van der Waals surface area contributed by atoms with E-state index in [4.69, 9.17) is 4.74 Å². The Morgan fingerprint density at radius 1 is 0.862 bits per heavy atom. The topological polar surface area (TPSA) is 26.3 Å². The molecule has 1 atom stereocenters. The molecule has 0 radical (unpaired) electrons. The summed E-state index contributed by atoms with van der Waals surface area (Å²) in [5.74, 6) is 3.18. The average molecular weight is 400 g/mol. The van der Waals surface area contributed by atoms with Gasteiger partial charge in [0.15, 0.2) is 0 Å². The Balaban J connectivity index is 2.03. The molecule has 0 amide bonds. The van der Waals surface area contributed by atoms with Crippen molar-refractivity contribution in [2.24, 2.45) is 0 Å². The molecule has 0 N–H and O–H groups in total.